The summed E-state index contributed by atoms with van der Waals surface area (Å²) in [6.45, 7) is 5.05. The SMILES string of the molecule is Cc1cc(C)cc(NC(=S)NCCCSCc2ccco2)c1. The molecule has 0 unspecified atom stereocenters. The molecule has 2 aromatic rings. The summed E-state index contributed by atoms with van der Waals surface area (Å²) in [7, 11) is 0. The van der Waals surface area contributed by atoms with E-state index in [0.717, 1.165) is 35.9 Å². The molecule has 0 atom stereocenters. The number of benzene rings is 1. The van der Waals surface area contributed by atoms with Crippen LogP contribution in [0, 0.1) is 13.8 Å². The monoisotopic (exact) mass is 334 g/mol. The summed E-state index contributed by atoms with van der Waals surface area (Å²) >= 11 is 7.19. The lowest BCUT2D eigenvalue weighted by atomic mass is 10.1. The maximum atomic E-state index is 5.32. The molecule has 0 saturated heterocycles. The fourth-order valence-electron chi connectivity index (χ4n) is 2.17. The van der Waals surface area contributed by atoms with Crippen LogP contribution in [0.5, 0.6) is 0 Å². The van der Waals surface area contributed by atoms with Crippen LogP contribution in [0.2, 0.25) is 0 Å². The number of anilines is 1. The number of thiocarbonyl (C=S) groups is 1. The summed E-state index contributed by atoms with van der Waals surface area (Å²) in [6.07, 6.45) is 2.79. The first kappa shape index (κ1) is 16.9. The molecule has 2 rings (SSSR count). The van der Waals surface area contributed by atoms with Gasteiger partial charge in [-0.3, -0.25) is 0 Å². The van der Waals surface area contributed by atoms with Crippen molar-refractivity contribution < 1.29 is 4.42 Å². The molecule has 2 N–H and O–H groups in total. The largest absolute Gasteiger partial charge is 0.468 e. The lowest BCUT2D eigenvalue weighted by molar-refractivity contribution is 0.530. The first-order chi connectivity index (χ1) is 10.6. The summed E-state index contributed by atoms with van der Waals surface area (Å²) in [5.74, 6) is 3.04. The van der Waals surface area contributed by atoms with Crippen molar-refractivity contribution in [2.75, 3.05) is 17.6 Å². The van der Waals surface area contributed by atoms with Gasteiger partial charge in [-0.2, -0.15) is 11.8 Å². The van der Waals surface area contributed by atoms with Gasteiger partial charge in [0.05, 0.1) is 12.0 Å². The third-order valence-corrected chi connectivity index (χ3v) is 4.37. The zero-order valence-electron chi connectivity index (χ0n) is 13.0. The normalized spacial score (nSPS) is 10.5. The van der Waals surface area contributed by atoms with E-state index >= 15 is 0 Å². The minimum atomic E-state index is 0.682. The number of aryl methyl sites for hydroxylation is 2. The van der Waals surface area contributed by atoms with Crippen molar-refractivity contribution >= 4 is 34.8 Å². The van der Waals surface area contributed by atoms with Crippen LogP contribution in [0.25, 0.3) is 0 Å². The summed E-state index contributed by atoms with van der Waals surface area (Å²) < 4.78 is 5.30. The Bertz CT molecular complexity index is 576. The minimum absolute atomic E-state index is 0.682. The molecular weight excluding hydrogens is 312 g/mol. The van der Waals surface area contributed by atoms with Crippen molar-refractivity contribution in [1.82, 2.24) is 5.32 Å². The topological polar surface area (TPSA) is 37.2 Å². The average Bonchev–Trinajstić information content (AvgIpc) is 2.94. The van der Waals surface area contributed by atoms with Crippen molar-refractivity contribution in [3.8, 4) is 0 Å². The van der Waals surface area contributed by atoms with Crippen LogP contribution >= 0.6 is 24.0 Å². The number of hydrogen-bond acceptors (Lipinski definition) is 3. The Morgan fingerprint density at radius 3 is 2.68 bits per heavy atom. The van der Waals surface area contributed by atoms with Crippen LogP contribution in [-0.4, -0.2) is 17.4 Å². The Morgan fingerprint density at radius 2 is 2.00 bits per heavy atom. The van der Waals surface area contributed by atoms with Gasteiger partial charge in [-0.1, -0.05) is 6.07 Å². The highest BCUT2D eigenvalue weighted by molar-refractivity contribution is 7.98. The Kier molecular flexibility index (Phi) is 6.80. The number of hydrogen-bond donors (Lipinski definition) is 2. The Hall–Kier alpha value is -1.46. The molecule has 5 heteroatoms. The molecule has 0 amide bonds. The van der Waals surface area contributed by atoms with E-state index in [2.05, 4.69) is 42.7 Å². The van der Waals surface area contributed by atoms with E-state index in [9.17, 15) is 0 Å². The molecule has 0 radical (unpaired) electrons. The predicted molar refractivity (Wildman–Crippen MR) is 99.6 cm³/mol. The molecule has 0 bridgehead atoms. The van der Waals surface area contributed by atoms with Crippen molar-refractivity contribution in [3.05, 3.63) is 53.5 Å². The maximum Gasteiger partial charge on any atom is 0.170 e. The van der Waals surface area contributed by atoms with E-state index in [4.69, 9.17) is 16.6 Å². The van der Waals surface area contributed by atoms with Crippen LogP contribution in [0.1, 0.15) is 23.3 Å². The quantitative estimate of drug-likeness (QED) is 0.576. The van der Waals surface area contributed by atoms with E-state index < -0.39 is 0 Å². The van der Waals surface area contributed by atoms with Crippen molar-refractivity contribution in [2.45, 2.75) is 26.0 Å². The van der Waals surface area contributed by atoms with Gasteiger partial charge >= 0.3 is 0 Å². The molecule has 22 heavy (non-hydrogen) atoms. The molecule has 0 spiro atoms. The van der Waals surface area contributed by atoms with Crippen LogP contribution in [0.15, 0.2) is 41.0 Å². The molecule has 1 aromatic heterocycles. The molecule has 1 heterocycles. The van der Waals surface area contributed by atoms with Gasteiger partial charge in [0.25, 0.3) is 0 Å². The van der Waals surface area contributed by atoms with E-state index in [-0.39, 0.29) is 0 Å². The number of rotatable bonds is 7. The van der Waals surface area contributed by atoms with E-state index in [1.54, 1.807) is 6.26 Å². The van der Waals surface area contributed by atoms with Gasteiger partial charge in [0.1, 0.15) is 5.76 Å². The summed E-state index contributed by atoms with van der Waals surface area (Å²) in [6, 6.07) is 10.3. The van der Waals surface area contributed by atoms with Gasteiger partial charge in [0, 0.05) is 12.2 Å². The van der Waals surface area contributed by atoms with Gasteiger partial charge < -0.3 is 15.1 Å². The second-order valence-electron chi connectivity index (χ2n) is 5.24. The second-order valence-corrected chi connectivity index (χ2v) is 6.76. The molecule has 0 fully saturated rings. The van der Waals surface area contributed by atoms with Crippen LogP contribution < -0.4 is 10.6 Å². The zero-order chi connectivity index (χ0) is 15.8. The Balaban J connectivity index is 1.59. The Morgan fingerprint density at radius 1 is 1.23 bits per heavy atom. The predicted octanol–water partition coefficient (Wildman–Crippen LogP) is 4.51. The lowest BCUT2D eigenvalue weighted by Crippen LogP contribution is -2.29. The van der Waals surface area contributed by atoms with Crippen LogP contribution in [0.3, 0.4) is 0 Å². The fraction of sp³-hybridized carbons (Fsp3) is 0.353. The molecule has 118 valence electrons. The Labute approximate surface area is 141 Å². The molecule has 0 aliphatic rings. The molecule has 0 aliphatic heterocycles. The number of furan rings is 1. The van der Waals surface area contributed by atoms with Gasteiger partial charge in [-0.15, -0.1) is 0 Å². The van der Waals surface area contributed by atoms with Gasteiger partial charge in [0.15, 0.2) is 5.11 Å². The molecule has 3 nitrogen and oxygen atoms in total. The molecular formula is C17H22N2OS2. The smallest absolute Gasteiger partial charge is 0.170 e. The maximum absolute atomic E-state index is 5.32. The third-order valence-electron chi connectivity index (χ3n) is 3.05. The van der Waals surface area contributed by atoms with Gasteiger partial charge in [0.2, 0.25) is 0 Å². The molecule has 0 saturated carbocycles. The highest BCUT2D eigenvalue weighted by Crippen LogP contribution is 2.14. The fourth-order valence-corrected chi connectivity index (χ4v) is 3.24. The molecule has 1 aromatic carbocycles. The zero-order valence-corrected chi connectivity index (χ0v) is 14.7. The van der Waals surface area contributed by atoms with Crippen molar-refractivity contribution in [3.63, 3.8) is 0 Å². The van der Waals surface area contributed by atoms with E-state index in [0.29, 0.717) is 5.11 Å². The summed E-state index contributed by atoms with van der Waals surface area (Å²) in [4.78, 5) is 0. The first-order valence-corrected chi connectivity index (χ1v) is 8.93. The standard InChI is InChI=1S/C17H22N2OS2/c1-13-9-14(2)11-15(10-13)19-17(21)18-6-4-8-22-12-16-5-3-7-20-16/h3,5,7,9-11H,4,6,8,12H2,1-2H3,(H2,18,19,21). The minimum Gasteiger partial charge on any atom is -0.468 e. The lowest BCUT2D eigenvalue weighted by Gasteiger charge is -2.11. The van der Waals surface area contributed by atoms with Gasteiger partial charge in [-0.05, 0) is 73.6 Å². The highest BCUT2D eigenvalue weighted by Gasteiger charge is 2.00. The third kappa shape index (κ3) is 6.12. The van der Waals surface area contributed by atoms with Crippen LogP contribution in [-0.2, 0) is 5.75 Å². The summed E-state index contributed by atoms with van der Waals surface area (Å²) in [5.41, 5.74) is 3.52. The van der Waals surface area contributed by atoms with Gasteiger partial charge in [-0.25, -0.2) is 0 Å². The van der Waals surface area contributed by atoms with Crippen LogP contribution in [0.4, 0.5) is 5.69 Å². The highest BCUT2D eigenvalue weighted by atomic mass is 32.2. The number of thioether (sulfide) groups is 1. The summed E-state index contributed by atoms with van der Waals surface area (Å²) in [5, 5.41) is 7.16. The van der Waals surface area contributed by atoms with Crippen molar-refractivity contribution in [2.24, 2.45) is 0 Å². The second kappa shape index (κ2) is 8.86. The van der Waals surface area contributed by atoms with E-state index in [1.807, 2.05) is 23.9 Å². The first-order valence-electron chi connectivity index (χ1n) is 7.37. The average molecular weight is 335 g/mol. The van der Waals surface area contributed by atoms with Crippen molar-refractivity contribution in [1.29, 1.82) is 0 Å². The number of nitrogens with one attached hydrogen (secondary N) is 2. The van der Waals surface area contributed by atoms with E-state index in [1.165, 1.54) is 11.1 Å². The molecule has 0 aliphatic carbocycles.